The molecule has 0 N–H and O–H groups in total. The lowest BCUT2D eigenvalue weighted by Gasteiger charge is -2.44. The molecule has 6 rings (SSSR count). The van der Waals surface area contributed by atoms with Gasteiger partial charge in [-0.2, -0.15) is 9.85 Å². The molecule has 0 spiro atoms. The van der Waals surface area contributed by atoms with E-state index >= 15 is 0 Å². The van der Waals surface area contributed by atoms with Crippen molar-refractivity contribution in [1.82, 2.24) is 14.9 Å². The van der Waals surface area contributed by atoms with Crippen molar-refractivity contribution in [2.75, 3.05) is 55.8 Å². The first-order valence-corrected chi connectivity index (χ1v) is 13.1. The summed E-state index contributed by atoms with van der Waals surface area (Å²) in [6.45, 7) is 4.89. The smallest absolute Gasteiger partial charge is 0.256 e. The number of fused-ring (bicyclic) bond motifs is 1. The molecular formula is C27H27N6OS+. The molecule has 2 aromatic rings. The van der Waals surface area contributed by atoms with Gasteiger partial charge in [-0.25, -0.2) is 4.98 Å². The average Bonchev–Trinajstić information content (AvgIpc) is 3.66. The van der Waals surface area contributed by atoms with Crippen LogP contribution in [0.4, 0.5) is 5.82 Å². The topological polar surface area (TPSA) is 63.5 Å². The Hall–Kier alpha value is -3.38. The number of benzene rings is 1. The van der Waals surface area contributed by atoms with E-state index in [1.807, 2.05) is 40.9 Å². The largest absolute Gasteiger partial charge is 0.353 e. The van der Waals surface area contributed by atoms with Crippen molar-refractivity contribution in [3.63, 3.8) is 0 Å². The van der Waals surface area contributed by atoms with Gasteiger partial charge in [-0.05, 0) is 17.7 Å². The van der Waals surface area contributed by atoms with Crippen LogP contribution in [0.3, 0.4) is 0 Å². The van der Waals surface area contributed by atoms with Crippen LogP contribution in [0.1, 0.15) is 5.56 Å². The fourth-order valence-electron chi connectivity index (χ4n) is 5.42. The van der Waals surface area contributed by atoms with Crippen LogP contribution in [0.15, 0.2) is 78.3 Å². The Balaban J connectivity index is 1.21. The van der Waals surface area contributed by atoms with Crippen LogP contribution in [0.5, 0.6) is 0 Å². The highest BCUT2D eigenvalue weighted by atomic mass is 32.2. The summed E-state index contributed by atoms with van der Waals surface area (Å²) in [6, 6.07) is 14.3. The molecular weight excluding hydrogens is 456 g/mol. The fourth-order valence-corrected chi connectivity index (χ4v) is 6.36. The first-order valence-electron chi connectivity index (χ1n) is 12.0. The van der Waals surface area contributed by atoms with Gasteiger partial charge in [0.2, 0.25) is 0 Å². The molecule has 4 aliphatic heterocycles. The number of piperazine rings is 1. The van der Waals surface area contributed by atoms with Gasteiger partial charge in [-0.15, -0.1) is 16.8 Å². The number of quaternary nitrogens is 1. The molecule has 2 saturated heterocycles. The number of allylic oxidation sites excluding steroid dienone is 3. The molecule has 0 radical (unpaired) electrons. The van der Waals surface area contributed by atoms with Gasteiger partial charge in [0.05, 0.1) is 30.1 Å². The molecule has 2 fully saturated rings. The highest BCUT2D eigenvalue weighted by Crippen LogP contribution is 2.39. The molecule has 1 aromatic carbocycles. The number of amides is 1. The summed E-state index contributed by atoms with van der Waals surface area (Å²) in [6.07, 6.45) is 10.2. The van der Waals surface area contributed by atoms with Crippen molar-refractivity contribution < 1.29 is 9.39 Å². The summed E-state index contributed by atoms with van der Waals surface area (Å²) in [5, 5.41) is 11.9. The Morgan fingerprint density at radius 3 is 2.69 bits per heavy atom. The van der Waals surface area contributed by atoms with E-state index in [0.29, 0.717) is 16.7 Å². The first-order chi connectivity index (χ1) is 17.2. The molecule has 0 aliphatic carbocycles. The normalized spacial score (nSPS) is 23.7. The number of nitrogens with zero attached hydrogens (tertiary/aromatic N) is 6. The van der Waals surface area contributed by atoms with Gasteiger partial charge < -0.3 is 9.80 Å². The number of anilines is 1. The molecule has 0 bridgehead atoms. The van der Waals surface area contributed by atoms with Crippen LogP contribution < -0.4 is 4.90 Å². The number of nitriles is 1. The second-order valence-electron chi connectivity index (χ2n) is 9.21. The number of rotatable bonds is 4. The molecule has 35 heavy (non-hydrogen) atoms. The monoisotopic (exact) mass is 483 g/mol. The molecule has 1 amide bonds. The maximum absolute atomic E-state index is 13.1. The zero-order valence-corrected chi connectivity index (χ0v) is 20.3. The van der Waals surface area contributed by atoms with Crippen LogP contribution in [0.2, 0.25) is 0 Å². The molecule has 4 aliphatic rings. The summed E-state index contributed by atoms with van der Waals surface area (Å²) in [5.41, 5.74) is 4.71. The third-order valence-corrected chi connectivity index (χ3v) is 8.20. The summed E-state index contributed by atoms with van der Waals surface area (Å²) in [4.78, 5) is 22.1. The Bertz CT molecular complexity index is 1280. The molecule has 0 saturated carbocycles. The lowest BCUT2D eigenvalue weighted by Crippen LogP contribution is -2.60. The van der Waals surface area contributed by atoms with Crippen LogP contribution in [-0.4, -0.2) is 76.3 Å². The lowest BCUT2D eigenvalue weighted by atomic mass is 10.0. The molecule has 1 atom stereocenters. The number of thioether (sulfide) groups is 1. The van der Waals surface area contributed by atoms with Crippen LogP contribution in [0.25, 0.3) is 11.1 Å². The predicted octanol–water partition coefficient (Wildman–Crippen LogP) is 3.36. The molecule has 7 nitrogen and oxygen atoms in total. The number of hydrogen-bond donors (Lipinski definition) is 0. The molecule has 0 unspecified atom stereocenters. The SMILES string of the molecule is N#Cc1cnc(N2CCN([N@@+]34C=CC=C3C=C(C(=O)N3CCSC3)C4)CC2)c(-c2ccccc2)c1. The summed E-state index contributed by atoms with van der Waals surface area (Å²) in [5.74, 6) is 2.93. The molecule has 8 heteroatoms. The number of aromatic nitrogens is 1. The maximum atomic E-state index is 13.1. The lowest BCUT2D eigenvalue weighted by molar-refractivity contribution is -0.948. The van der Waals surface area contributed by atoms with E-state index in [9.17, 15) is 10.1 Å². The van der Waals surface area contributed by atoms with Gasteiger partial charge in [0, 0.05) is 49.3 Å². The predicted molar refractivity (Wildman–Crippen MR) is 138 cm³/mol. The van der Waals surface area contributed by atoms with Crippen LogP contribution >= 0.6 is 11.8 Å². The molecule has 1 aromatic heterocycles. The minimum absolute atomic E-state index is 0.184. The van der Waals surface area contributed by atoms with Crippen molar-refractivity contribution in [3.05, 3.63) is 83.9 Å². The quantitative estimate of drug-likeness (QED) is 0.622. The summed E-state index contributed by atoms with van der Waals surface area (Å²) >= 11 is 1.82. The maximum Gasteiger partial charge on any atom is 0.256 e. The standard InChI is InChI=1S/C27H27N6OS/c28-17-21-15-25(22-5-2-1-3-6-22)26(29-18-21)30-8-10-32(11-9-30)33-13-4-7-24(33)16-23(19-33)27(34)31-12-14-35-20-31/h1-7,13,15-16,18H,8-12,14,19-20H2/q+1/t33-/m1/s1. The zero-order valence-electron chi connectivity index (χ0n) is 19.5. The highest BCUT2D eigenvalue weighted by Gasteiger charge is 2.48. The van der Waals surface area contributed by atoms with E-state index in [1.54, 1.807) is 6.20 Å². The van der Waals surface area contributed by atoms with Gasteiger partial charge >= 0.3 is 0 Å². The molecule has 176 valence electrons. The fraction of sp³-hybridized carbons (Fsp3) is 0.296. The Kier molecular flexibility index (Phi) is 5.69. The van der Waals surface area contributed by atoms with Crippen LogP contribution in [-0.2, 0) is 4.79 Å². The number of carbonyl (C=O) groups excluding carboxylic acids is 1. The summed E-state index contributed by atoms with van der Waals surface area (Å²) in [7, 11) is 0. The molecule has 5 heterocycles. The Labute approximate surface area is 209 Å². The van der Waals surface area contributed by atoms with Crippen LogP contribution in [0, 0.1) is 11.3 Å². The van der Waals surface area contributed by atoms with Gasteiger partial charge in [-0.3, -0.25) is 4.79 Å². The van der Waals surface area contributed by atoms with Crippen molar-refractivity contribution in [1.29, 1.82) is 5.26 Å². The van der Waals surface area contributed by atoms with Crippen molar-refractivity contribution in [2.24, 2.45) is 0 Å². The third kappa shape index (κ3) is 3.86. The Morgan fingerprint density at radius 2 is 1.94 bits per heavy atom. The number of pyridine rings is 1. The van der Waals surface area contributed by atoms with Crippen molar-refractivity contribution in [3.8, 4) is 17.2 Å². The average molecular weight is 484 g/mol. The van der Waals surface area contributed by atoms with E-state index in [0.717, 1.165) is 66.9 Å². The van der Waals surface area contributed by atoms with Crippen molar-refractivity contribution in [2.45, 2.75) is 0 Å². The highest BCUT2D eigenvalue weighted by molar-refractivity contribution is 7.99. The second kappa shape index (κ2) is 9.00. The van der Waals surface area contributed by atoms with E-state index in [-0.39, 0.29) is 5.91 Å². The van der Waals surface area contributed by atoms with E-state index < -0.39 is 0 Å². The van der Waals surface area contributed by atoms with Gasteiger partial charge in [0.25, 0.3) is 5.91 Å². The zero-order chi connectivity index (χ0) is 23.8. The third-order valence-electron chi connectivity index (χ3n) is 7.24. The number of carbonyl (C=O) groups is 1. The first kappa shape index (κ1) is 22.1. The Morgan fingerprint density at radius 1 is 1.11 bits per heavy atom. The summed E-state index contributed by atoms with van der Waals surface area (Å²) < 4.78 is 0.613. The van der Waals surface area contributed by atoms with E-state index in [1.165, 1.54) is 5.70 Å². The second-order valence-corrected chi connectivity index (χ2v) is 10.3. The number of hydrogen-bond acceptors (Lipinski definition) is 6. The van der Waals surface area contributed by atoms with E-state index in [2.05, 4.69) is 52.5 Å². The van der Waals surface area contributed by atoms with E-state index in [4.69, 9.17) is 4.98 Å². The minimum Gasteiger partial charge on any atom is -0.353 e. The van der Waals surface area contributed by atoms with Gasteiger partial charge in [0.15, 0.2) is 5.70 Å². The van der Waals surface area contributed by atoms with Gasteiger partial charge in [0.1, 0.15) is 24.6 Å². The van der Waals surface area contributed by atoms with Gasteiger partial charge in [-0.1, -0.05) is 30.3 Å². The van der Waals surface area contributed by atoms with Crippen molar-refractivity contribution >= 4 is 23.5 Å². The minimum atomic E-state index is 0.184.